The van der Waals surface area contributed by atoms with Crippen molar-refractivity contribution in [2.45, 2.75) is 73.5 Å². The van der Waals surface area contributed by atoms with Gasteiger partial charge in [0.2, 0.25) is 5.91 Å². The van der Waals surface area contributed by atoms with Gasteiger partial charge >= 0.3 is 11.5 Å². The Morgan fingerprint density at radius 1 is 1.00 bits per heavy atom. The number of anilines is 1. The first-order valence-corrected chi connectivity index (χ1v) is 13.4. The molecular formula is C27H26F4N2O4S. The van der Waals surface area contributed by atoms with Gasteiger partial charge in [-0.2, -0.15) is 13.2 Å². The van der Waals surface area contributed by atoms with Crippen molar-refractivity contribution in [2.75, 3.05) is 4.90 Å². The summed E-state index contributed by atoms with van der Waals surface area (Å²) in [6, 6.07) is 8.52. The zero-order valence-corrected chi connectivity index (χ0v) is 21.1. The van der Waals surface area contributed by atoms with E-state index in [4.69, 9.17) is 5.11 Å². The van der Waals surface area contributed by atoms with Crippen LogP contribution in [0.25, 0.3) is 0 Å². The number of carboxylic acids is 1. The Morgan fingerprint density at radius 3 is 2.34 bits per heavy atom. The minimum absolute atomic E-state index is 0.0334. The molecule has 5 rings (SSSR count). The quantitative estimate of drug-likeness (QED) is 0.330. The minimum Gasteiger partial charge on any atom is -0.481 e. The topological polar surface area (TPSA) is 77.9 Å². The molecule has 0 radical (unpaired) electrons. The Morgan fingerprint density at radius 2 is 1.71 bits per heavy atom. The lowest BCUT2D eigenvalue weighted by Crippen LogP contribution is -2.53. The molecule has 0 bridgehead atoms. The monoisotopic (exact) mass is 550 g/mol. The van der Waals surface area contributed by atoms with Gasteiger partial charge in [0.25, 0.3) is 5.91 Å². The summed E-state index contributed by atoms with van der Waals surface area (Å²) in [5.74, 6) is -2.45. The van der Waals surface area contributed by atoms with Gasteiger partial charge in [0.05, 0.1) is 12.5 Å². The van der Waals surface area contributed by atoms with Crippen LogP contribution in [0.5, 0.6) is 0 Å². The SMILES string of the molecule is O=C(O)CCC(=O)N(C1CC1)C1c2cc(F)ccc2N(C(=O)c2ccc(SC(F)(F)F)cc2)[C@@H]2CCC[C@@H]12. The maximum Gasteiger partial charge on any atom is 0.446 e. The number of benzene rings is 2. The molecule has 2 fully saturated rings. The van der Waals surface area contributed by atoms with Crippen LogP contribution in [0.1, 0.15) is 66.9 Å². The van der Waals surface area contributed by atoms with Gasteiger partial charge in [-0.3, -0.25) is 14.4 Å². The number of hydrogen-bond acceptors (Lipinski definition) is 4. The van der Waals surface area contributed by atoms with Crippen LogP contribution in [-0.2, 0) is 9.59 Å². The van der Waals surface area contributed by atoms with Gasteiger partial charge in [0.15, 0.2) is 0 Å². The Balaban J connectivity index is 1.52. The first kappa shape index (κ1) is 26.5. The molecule has 2 amide bonds. The molecule has 6 nitrogen and oxygen atoms in total. The van der Waals surface area contributed by atoms with Crippen molar-refractivity contribution in [3.63, 3.8) is 0 Å². The summed E-state index contributed by atoms with van der Waals surface area (Å²) in [7, 11) is 0. The van der Waals surface area contributed by atoms with Gasteiger partial charge in [-0.05, 0) is 79.9 Å². The van der Waals surface area contributed by atoms with Crippen LogP contribution in [0.2, 0.25) is 0 Å². The van der Waals surface area contributed by atoms with Crippen molar-refractivity contribution in [3.05, 3.63) is 59.4 Å². The molecule has 2 aliphatic carbocycles. The molecule has 3 atom stereocenters. The zero-order valence-electron chi connectivity index (χ0n) is 20.3. The number of halogens is 4. The van der Waals surface area contributed by atoms with Gasteiger partial charge in [-0.15, -0.1) is 0 Å². The first-order valence-electron chi connectivity index (χ1n) is 12.6. The van der Waals surface area contributed by atoms with Crippen molar-refractivity contribution in [1.29, 1.82) is 0 Å². The number of hydrogen-bond donors (Lipinski definition) is 1. The van der Waals surface area contributed by atoms with Crippen LogP contribution in [-0.4, -0.2) is 45.4 Å². The lowest BCUT2D eigenvalue weighted by molar-refractivity contribution is -0.142. The molecule has 202 valence electrons. The van der Waals surface area contributed by atoms with Crippen molar-refractivity contribution >= 4 is 35.2 Å². The van der Waals surface area contributed by atoms with E-state index in [0.717, 1.165) is 19.3 Å². The largest absolute Gasteiger partial charge is 0.481 e. The van der Waals surface area contributed by atoms with E-state index >= 15 is 0 Å². The number of thioether (sulfide) groups is 1. The van der Waals surface area contributed by atoms with Crippen LogP contribution in [0.4, 0.5) is 23.2 Å². The molecule has 0 spiro atoms. The molecular weight excluding hydrogens is 524 g/mol. The maximum atomic E-state index is 14.6. The third-order valence-corrected chi connectivity index (χ3v) is 8.21. The van der Waals surface area contributed by atoms with Crippen LogP contribution in [0, 0.1) is 11.7 Å². The fourth-order valence-electron chi connectivity index (χ4n) is 5.88. The Bertz CT molecular complexity index is 1250. The Kier molecular flexibility index (Phi) is 7.15. The molecule has 11 heteroatoms. The molecule has 1 heterocycles. The molecule has 2 saturated carbocycles. The van der Waals surface area contributed by atoms with Crippen molar-refractivity contribution in [3.8, 4) is 0 Å². The lowest BCUT2D eigenvalue weighted by atomic mass is 9.81. The van der Waals surface area contributed by atoms with E-state index in [2.05, 4.69) is 0 Å². The fraction of sp³-hybridized carbons (Fsp3) is 0.444. The minimum atomic E-state index is -4.44. The van der Waals surface area contributed by atoms with E-state index in [1.807, 2.05) is 0 Å². The smallest absolute Gasteiger partial charge is 0.446 e. The van der Waals surface area contributed by atoms with E-state index in [-0.39, 0.29) is 59.0 Å². The molecule has 1 N–H and O–H groups in total. The highest BCUT2D eigenvalue weighted by molar-refractivity contribution is 8.00. The van der Waals surface area contributed by atoms with Crippen LogP contribution in [0.15, 0.2) is 47.4 Å². The summed E-state index contributed by atoms with van der Waals surface area (Å²) < 4.78 is 52.8. The number of alkyl halides is 3. The highest BCUT2D eigenvalue weighted by Crippen LogP contribution is 2.53. The summed E-state index contributed by atoms with van der Waals surface area (Å²) >= 11 is -0.258. The number of nitrogens with zero attached hydrogens (tertiary/aromatic N) is 2. The summed E-state index contributed by atoms with van der Waals surface area (Å²) in [6.45, 7) is 0. The predicted molar refractivity (Wildman–Crippen MR) is 132 cm³/mol. The van der Waals surface area contributed by atoms with Crippen molar-refractivity contribution < 1.29 is 37.1 Å². The van der Waals surface area contributed by atoms with E-state index in [0.29, 0.717) is 24.1 Å². The number of fused-ring (bicyclic) bond motifs is 2. The number of carbonyl (C=O) groups is 3. The molecule has 2 aromatic carbocycles. The maximum absolute atomic E-state index is 14.6. The standard InChI is InChI=1S/C27H26F4N2O4S/c28-16-6-11-22-20(14-16)25(32(17-7-8-17)23(34)12-13-24(35)36)19-2-1-3-21(19)33(22)26(37)15-4-9-18(10-5-15)38-27(29,30)31/h4-6,9-11,14,17,19,21,25H,1-3,7-8,12-13H2,(H,35,36)/t19-,21-,25?/m1/s1. The Hall–Kier alpha value is -3.08. The number of carboxylic acid groups (broad SMARTS) is 1. The molecule has 38 heavy (non-hydrogen) atoms. The number of aliphatic carboxylic acids is 1. The van der Waals surface area contributed by atoms with Gasteiger partial charge in [-0.25, -0.2) is 4.39 Å². The van der Waals surface area contributed by atoms with E-state index in [9.17, 15) is 31.9 Å². The summed E-state index contributed by atoms with van der Waals surface area (Å²) in [5.41, 5.74) is -3.26. The molecule has 3 aliphatic rings. The van der Waals surface area contributed by atoms with Gasteiger partial charge in [-0.1, -0.05) is 6.42 Å². The number of rotatable bonds is 7. The Labute approximate surface area is 221 Å². The molecule has 1 unspecified atom stereocenters. The summed E-state index contributed by atoms with van der Waals surface area (Å²) in [6.07, 6.45) is 3.25. The molecule has 2 aromatic rings. The van der Waals surface area contributed by atoms with E-state index in [1.54, 1.807) is 9.80 Å². The average Bonchev–Trinajstić information content (AvgIpc) is 3.57. The second-order valence-corrected chi connectivity index (χ2v) is 11.1. The normalized spacial score (nSPS) is 22.5. The third kappa shape index (κ3) is 5.39. The molecule has 1 aliphatic heterocycles. The zero-order chi connectivity index (χ0) is 27.2. The first-order chi connectivity index (χ1) is 18.0. The molecule has 0 aromatic heterocycles. The third-order valence-electron chi connectivity index (χ3n) is 7.47. The predicted octanol–water partition coefficient (Wildman–Crippen LogP) is 6.16. The van der Waals surface area contributed by atoms with Gasteiger partial charge in [0, 0.05) is 46.1 Å². The second kappa shape index (κ2) is 10.2. The van der Waals surface area contributed by atoms with E-state index < -0.39 is 29.2 Å². The summed E-state index contributed by atoms with van der Waals surface area (Å²) in [5, 5.41) is 9.11. The van der Waals surface area contributed by atoms with E-state index in [1.165, 1.54) is 42.5 Å². The number of carbonyl (C=O) groups excluding carboxylic acids is 2. The molecule has 0 saturated heterocycles. The van der Waals surface area contributed by atoms with Gasteiger partial charge in [0.1, 0.15) is 5.82 Å². The second-order valence-electron chi connectivity index (χ2n) is 9.98. The average molecular weight is 551 g/mol. The lowest BCUT2D eigenvalue weighted by Gasteiger charge is -2.48. The van der Waals surface area contributed by atoms with Crippen LogP contribution in [0.3, 0.4) is 0 Å². The van der Waals surface area contributed by atoms with Crippen molar-refractivity contribution in [2.24, 2.45) is 5.92 Å². The highest BCUT2D eigenvalue weighted by atomic mass is 32.2. The van der Waals surface area contributed by atoms with Crippen LogP contribution >= 0.6 is 11.8 Å². The summed E-state index contributed by atoms with van der Waals surface area (Å²) in [4.78, 5) is 41.5. The number of amides is 2. The van der Waals surface area contributed by atoms with Gasteiger partial charge < -0.3 is 14.9 Å². The fourth-order valence-corrected chi connectivity index (χ4v) is 6.42. The highest BCUT2D eigenvalue weighted by Gasteiger charge is 2.51. The van der Waals surface area contributed by atoms with Crippen LogP contribution < -0.4 is 4.90 Å². The van der Waals surface area contributed by atoms with Crippen molar-refractivity contribution in [1.82, 2.24) is 4.90 Å².